The van der Waals surface area contributed by atoms with E-state index in [4.69, 9.17) is 15.7 Å². The number of hydrogen-bond donors (Lipinski definition) is 2. The van der Waals surface area contributed by atoms with Gasteiger partial charge in [0.2, 0.25) is 5.88 Å². The van der Waals surface area contributed by atoms with Crippen LogP contribution in [-0.2, 0) is 6.42 Å². The predicted octanol–water partition coefficient (Wildman–Crippen LogP) is 1.63. The van der Waals surface area contributed by atoms with Gasteiger partial charge in [-0.25, -0.2) is 0 Å². The summed E-state index contributed by atoms with van der Waals surface area (Å²) in [6.07, 6.45) is 2.16. The number of oxime groups is 1. The summed E-state index contributed by atoms with van der Waals surface area (Å²) >= 11 is 0. The molecule has 2 heterocycles. The van der Waals surface area contributed by atoms with Crippen LogP contribution in [0.15, 0.2) is 29.6 Å². The molecule has 0 bridgehead atoms. The molecule has 0 radical (unpaired) electrons. The Bertz CT molecular complexity index is 642. The molecular weight excluding hydrogens is 258 g/mol. The van der Waals surface area contributed by atoms with Crippen molar-refractivity contribution in [1.29, 1.82) is 0 Å². The smallest absolute Gasteiger partial charge is 0.250 e. The van der Waals surface area contributed by atoms with Gasteiger partial charge in [-0.1, -0.05) is 12.1 Å². The van der Waals surface area contributed by atoms with Crippen LogP contribution in [-0.4, -0.2) is 26.2 Å². The van der Waals surface area contributed by atoms with Crippen molar-refractivity contribution in [1.82, 2.24) is 15.2 Å². The SMILES string of the molecule is CCc1nc(C)ccc1Oc1nnccc1/C(N)=N/O. The van der Waals surface area contributed by atoms with Crippen molar-refractivity contribution < 1.29 is 9.94 Å². The Morgan fingerprint density at radius 2 is 2.20 bits per heavy atom. The van der Waals surface area contributed by atoms with Crippen LogP contribution in [0, 0.1) is 6.92 Å². The molecule has 0 aliphatic rings. The van der Waals surface area contributed by atoms with E-state index >= 15 is 0 Å². The summed E-state index contributed by atoms with van der Waals surface area (Å²) in [4.78, 5) is 4.40. The number of amidine groups is 1. The van der Waals surface area contributed by atoms with E-state index in [9.17, 15) is 0 Å². The van der Waals surface area contributed by atoms with E-state index in [0.717, 1.165) is 17.8 Å². The Balaban J connectivity index is 2.40. The minimum Gasteiger partial charge on any atom is -0.435 e. The monoisotopic (exact) mass is 273 g/mol. The van der Waals surface area contributed by atoms with Crippen LogP contribution >= 0.6 is 0 Å². The van der Waals surface area contributed by atoms with E-state index in [-0.39, 0.29) is 11.7 Å². The Labute approximate surface area is 116 Å². The first-order chi connectivity index (χ1) is 9.65. The van der Waals surface area contributed by atoms with E-state index in [0.29, 0.717) is 11.3 Å². The quantitative estimate of drug-likeness (QED) is 0.379. The molecule has 0 atom stereocenters. The molecule has 0 amide bonds. The number of aryl methyl sites for hydroxylation is 2. The molecule has 0 aliphatic carbocycles. The minimum atomic E-state index is -0.0898. The number of nitrogens with two attached hydrogens (primary N) is 1. The molecule has 2 rings (SSSR count). The molecule has 0 aliphatic heterocycles. The first-order valence-electron chi connectivity index (χ1n) is 6.09. The average molecular weight is 273 g/mol. The van der Waals surface area contributed by atoms with Gasteiger partial charge >= 0.3 is 0 Å². The second kappa shape index (κ2) is 5.96. The van der Waals surface area contributed by atoms with Gasteiger partial charge in [0.05, 0.1) is 17.5 Å². The fraction of sp³-hybridized carbons (Fsp3) is 0.231. The lowest BCUT2D eigenvalue weighted by Gasteiger charge is -2.11. The highest BCUT2D eigenvalue weighted by molar-refractivity contribution is 5.98. The number of ether oxygens (including phenoxy) is 1. The maximum atomic E-state index is 8.76. The summed E-state index contributed by atoms with van der Waals surface area (Å²) in [5.41, 5.74) is 7.66. The van der Waals surface area contributed by atoms with Gasteiger partial charge in [0.15, 0.2) is 11.6 Å². The number of pyridine rings is 1. The normalized spacial score (nSPS) is 11.4. The van der Waals surface area contributed by atoms with Gasteiger partial charge in [0.1, 0.15) is 0 Å². The largest absolute Gasteiger partial charge is 0.435 e. The maximum absolute atomic E-state index is 8.76. The summed E-state index contributed by atoms with van der Waals surface area (Å²) in [6.45, 7) is 3.89. The van der Waals surface area contributed by atoms with Crippen molar-refractivity contribution in [3.05, 3.63) is 41.3 Å². The molecule has 7 heteroatoms. The van der Waals surface area contributed by atoms with Crippen LogP contribution in [0.2, 0.25) is 0 Å². The molecule has 0 saturated heterocycles. The first-order valence-corrected chi connectivity index (χ1v) is 6.09. The van der Waals surface area contributed by atoms with Crippen LogP contribution in [0.1, 0.15) is 23.9 Å². The van der Waals surface area contributed by atoms with Crippen molar-refractivity contribution in [2.45, 2.75) is 20.3 Å². The molecular formula is C13H15N5O2. The zero-order valence-corrected chi connectivity index (χ0v) is 11.2. The molecule has 7 nitrogen and oxygen atoms in total. The summed E-state index contributed by atoms with van der Waals surface area (Å²) < 4.78 is 5.70. The minimum absolute atomic E-state index is 0.0898. The Morgan fingerprint density at radius 1 is 1.40 bits per heavy atom. The fourth-order valence-electron chi connectivity index (χ4n) is 1.69. The lowest BCUT2D eigenvalue weighted by Crippen LogP contribution is -2.15. The van der Waals surface area contributed by atoms with Gasteiger partial charge in [-0.3, -0.25) is 4.98 Å². The Morgan fingerprint density at radius 3 is 2.90 bits per heavy atom. The number of hydrogen-bond acceptors (Lipinski definition) is 6. The first kappa shape index (κ1) is 13.7. The lowest BCUT2D eigenvalue weighted by molar-refractivity contribution is 0.318. The third-order valence-electron chi connectivity index (χ3n) is 2.68. The lowest BCUT2D eigenvalue weighted by atomic mass is 10.2. The highest BCUT2D eigenvalue weighted by atomic mass is 16.5. The van der Waals surface area contributed by atoms with Crippen molar-refractivity contribution in [2.75, 3.05) is 0 Å². The molecule has 0 spiro atoms. The van der Waals surface area contributed by atoms with E-state index in [2.05, 4.69) is 20.3 Å². The van der Waals surface area contributed by atoms with Crippen LogP contribution in [0.5, 0.6) is 11.6 Å². The van der Waals surface area contributed by atoms with Gasteiger partial charge in [-0.2, -0.15) is 5.10 Å². The highest BCUT2D eigenvalue weighted by Gasteiger charge is 2.13. The number of aromatic nitrogens is 3. The molecule has 2 aromatic rings. The number of nitrogens with zero attached hydrogens (tertiary/aromatic N) is 4. The fourth-order valence-corrected chi connectivity index (χ4v) is 1.69. The highest BCUT2D eigenvalue weighted by Crippen LogP contribution is 2.25. The summed E-state index contributed by atoms with van der Waals surface area (Å²) in [5, 5.41) is 19.3. The van der Waals surface area contributed by atoms with Gasteiger partial charge in [0, 0.05) is 5.69 Å². The van der Waals surface area contributed by atoms with E-state index < -0.39 is 0 Å². The maximum Gasteiger partial charge on any atom is 0.250 e. The van der Waals surface area contributed by atoms with Crippen molar-refractivity contribution in [3.8, 4) is 11.6 Å². The topological polar surface area (TPSA) is 107 Å². The third-order valence-corrected chi connectivity index (χ3v) is 2.68. The van der Waals surface area contributed by atoms with E-state index in [1.807, 2.05) is 26.0 Å². The Kier molecular flexibility index (Phi) is 4.09. The predicted molar refractivity (Wildman–Crippen MR) is 73.0 cm³/mol. The summed E-state index contributed by atoms with van der Waals surface area (Å²) in [7, 11) is 0. The molecule has 0 unspecified atom stereocenters. The van der Waals surface area contributed by atoms with Crippen LogP contribution in [0.25, 0.3) is 0 Å². The van der Waals surface area contributed by atoms with Gasteiger partial charge in [0.25, 0.3) is 0 Å². The van der Waals surface area contributed by atoms with Crippen LogP contribution in [0.3, 0.4) is 0 Å². The second-order valence-corrected chi connectivity index (χ2v) is 4.09. The zero-order valence-electron chi connectivity index (χ0n) is 11.2. The molecule has 20 heavy (non-hydrogen) atoms. The van der Waals surface area contributed by atoms with Gasteiger partial charge < -0.3 is 15.7 Å². The molecule has 0 fully saturated rings. The summed E-state index contributed by atoms with van der Waals surface area (Å²) in [6, 6.07) is 5.21. The molecule has 3 N–H and O–H groups in total. The van der Waals surface area contributed by atoms with Crippen LogP contribution in [0.4, 0.5) is 0 Å². The van der Waals surface area contributed by atoms with Crippen molar-refractivity contribution in [3.63, 3.8) is 0 Å². The molecule has 0 aromatic carbocycles. The standard InChI is InChI=1S/C13H15N5O2/c1-3-10-11(5-4-8(2)16-10)20-13-9(12(14)18-19)6-7-15-17-13/h4-7,19H,3H2,1-2H3,(H2,14,18). The third kappa shape index (κ3) is 2.82. The van der Waals surface area contributed by atoms with Crippen LogP contribution < -0.4 is 10.5 Å². The van der Waals surface area contributed by atoms with E-state index in [1.165, 1.54) is 6.20 Å². The number of rotatable bonds is 4. The van der Waals surface area contributed by atoms with E-state index in [1.54, 1.807) is 6.07 Å². The van der Waals surface area contributed by atoms with Gasteiger partial charge in [-0.15, -0.1) is 5.10 Å². The molecule has 104 valence electrons. The molecule has 0 saturated carbocycles. The van der Waals surface area contributed by atoms with Gasteiger partial charge in [-0.05, 0) is 31.5 Å². The Hall–Kier alpha value is -2.70. The second-order valence-electron chi connectivity index (χ2n) is 4.09. The van der Waals surface area contributed by atoms with Crippen molar-refractivity contribution >= 4 is 5.84 Å². The molecule has 2 aromatic heterocycles. The zero-order chi connectivity index (χ0) is 14.5. The summed E-state index contributed by atoms with van der Waals surface area (Å²) in [5.74, 6) is 0.654. The average Bonchev–Trinajstić information content (AvgIpc) is 2.48. The van der Waals surface area contributed by atoms with Crippen molar-refractivity contribution in [2.24, 2.45) is 10.9 Å².